The van der Waals surface area contributed by atoms with E-state index in [1.165, 1.54) is 0 Å². The van der Waals surface area contributed by atoms with Gasteiger partial charge >= 0.3 is 36.1 Å². The zero-order valence-corrected chi connectivity index (χ0v) is 25.2. The lowest BCUT2D eigenvalue weighted by molar-refractivity contribution is -0.0691. The summed E-state index contributed by atoms with van der Waals surface area (Å²) in [5.74, 6) is -2.20. The van der Waals surface area contributed by atoms with Gasteiger partial charge in [0.1, 0.15) is 10.8 Å². The van der Waals surface area contributed by atoms with E-state index in [9.17, 15) is 48.0 Å². The molecular formula is C18H24F6N4O9S3Si. The quantitative estimate of drug-likeness (QED) is 0.187. The largest absolute Gasteiger partial charge is 0.534 e. The molecule has 2 N–H and O–H groups in total. The van der Waals surface area contributed by atoms with Gasteiger partial charge in [0.05, 0.1) is 12.7 Å². The molecule has 1 fully saturated rings. The second-order valence-electron chi connectivity index (χ2n) is 10.3. The molecule has 3 atom stereocenters. The maximum Gasteiger partial charge on any atom is 0.534 e. The fourth-order valence-corrected chi connectivity index (χ4v) is 6.21. The number of rotatable bonds is 8. The minimum absolute atomic E-state index is 0.0385. The van der Waals surface area contributed by atoms with E-state index in [1.807, 2.05) is 33.9 Å². The maximum atomic E-state index is 13.1. The average Bonchev–Trinajstić information content (AvgIpc) is 3.28. The van der Waals surface area contributed by atoms with Crippen LogP contribution in [0.1, 0.15) is 33.4 Å². The lowest BCUT2D eigenvalue weighted by Gasteiger charge is -2.36. The van der Waals surface area contributed by atoms with E-state index < -0.39 is 91.5 Å². The molecule has 0 aromatic carbocycles. The van der Waals surface area contributed by atoms with Gasteiger partial charge in [-0.2, -0.15) is 53.1 Å². The molecule has 234 valence electrons. The van der Waals surface area contributed by atoms with Crippen LogP contribution in [0.2, 0.25) is 18.1 Å². The van der Waals surface area contributed by atoms with Crippen LogP contribution in [0.5, 0.6) is 5.88 Å². The zero-order valence-electron chi connectivity index (χ0n) is 21.7. The Morgan fingerprint density at radius 1 is 1.05 bits per heavy atom. The highest BCUT2D eigenvalue weighted by Crippen LogP contribution is 2.41. The third-order valence-corrected chi connectivity index (χ3v) is 13.7. The number of thiazole rings is 1. The number of aromatic nitrogens is 3. The van der Waals surface area contributed by atoms with Crippen molar-refractivity contribution in [3.63, 3.8) is 0 Å². The van der Waals surface area contributed by atoms with Crippen LogP contribution in [0, 0.1) is 0 Å². The summed E-state index contributed by atoms with van der Waals surface area (Å²) in [5.41, 5.74) is -7.00. The second-order valence-corrected chi connectivity index (χ2v) is 19.1. The van der Waals surface area contributed by atoms with Gasteiger partial charge in [-0.05, 0) is 18.1 Å². The number of fused-ring (bicyclic) bond motifs is 1. The zero-order chi connectivity index (χ0) is 31.6. The molecule has 2 aromatic heterocycles. The van der Waals surface area contributed by atoms with Crippen molar-refractivity contribution >= 4 is 56.2 Å². The monoisotopic (exact) mass is 678 g/mol. The first-order valence-corrected chi connectivity index (χ1v) is 17.8. The van der Waals surface area contributed by atoms with Gasteiger partial charge in [-0.1, -0.05) is 32.1 Å². The van der Waals surface area contributed by atoms with Gasteiger partial charge < -0.3 is 19.1 Å². The number of anilines is 1. The van der Waals surface area contributed by atoms with Crippen molar-refractivity contribution in [3.05, 3.63) is 9.67 Å². The molecule has 0 amide bonds. The molecule has 0 spiro atoms. The Hall–Kier alpha value is -2.05. The Balaban J connectivity index is 2.10. The van der Waals surface area contributed by atoms with Crippen molar-refractivity contribution in [2.24, 2.45) is 0 Å². The number of halogens is 6. The molecule has 1 aliphatic heterocycles. The highest BCUT2D eigenvalue weighted by atomic mass is 32.2. The van der Waals surface area contributed by atoms with Crippen LogP contribution in [0.4, 0.5) is 32.3 Å². The Morgan fingerprint density at radius 2 is 1.61 bits per heavy atom. The van der Waals surface area contributed by atoms with Gasteiger partial charge in [0, 0.05) is 6.42 Å². The fraction of sp³-hybridized carbons (Fsp3) is 0.722. The van der Waals surface area contributed by atoms with E-state index in [2.05, 4.69) is 18.3 Å². The molecule has 0 saturated carbocycles. The Kier molecular flexibility index (Phi) is 8.64. The summed E-state index contributed by atoms with van der Waals surface area (Å²) in [4.78, 5) is 18.7. The van der Waals surface area contributed by atoms with Crippen molar-refractivity contribution in [3.8, 4) is 5.88 Å². The highest BCUT2D eigenvalue weighted by Gasteiger charge is 2.53. The fourth-order valence-electron chi connectivity index (χ4n) is 3.21. The Morgan fingerprint density at radius 3 is 2.12 bits per heavy atom. The molecule has 1 saturated heterocycles. The number of hydrogen-bond acceptors (Lipinski definition) is 13. The summed E-state index contributed by atoms with van der Waals surface area (Å²) < 4.78 is 145. The van der Waals surface area contributed by atoms with E-state index in [0.717, 1.165) is 0 Å². The van der Waals surface area contributed by atoms with Gasteiger partial charge in [0.25, 0.3) is 5.88 Å². The number of alkyl halides is 6. The van der Waals surface area contributed by atoms with Crippen LogP contribution in [-0.4, -0.2) is 69.5 Å². The van der Waals surface area contributed by atoms with Gasteiger partial charge in [0.15, 0.2) is 20.2 Å². The van der Waals surface area contributed by atoms with Crippen LogP contribution < -0.4 is 14.8 Å². The van der Waals surface area contributed by atoms with E-state index in [4.69, 9.17) is 14.9 Å². The Labute approximate surface area is 233 Å². The molecular weight excluding hydrogens is 654 g/mol. The van der Waals surface area contributed by atoms with Gasteiger partial charge in [-0.3, -0.25) is 13.5 Å². The summed E-state index contributed by atoms with van der Waals surface area (Å²) in [6.45, 7) is 9.17. The first-order chi connectivity index (χ1) is 18.3. The Bertz CT molecular complexity index is 1580. The SMILES string of the molecule is CC(C)(C)[Si](C)(C)OC[C@@H]1C[C@@H](OS(=O)(=O)C(F)(F)F)[C@H](n2c(=O)sc3c(OS(=O)(=O)C(F)(F)F)nc(N)nc32)O1. The summed E-state index contributed by atoms with van der Waals surface area (Å²) in [6, 6.07) is 0. The van der Waals surface area contributed by atoms with Gasteiger partial charge in [0.2, 0.25) is 5.95 Å². The van der Waals surface area contributed by atoms with Crippen LogP contribution in [-0.2, 0) is 33.6 Å². The molecule has 0 aliphatic carbocycles. The maximum absolute atomic E-state index is 13.1. The van der Waals surface area contributed by atoms with Crippen molar-refractivity contribution in [1.82, 2.24) is 14.5 Å². The van der Waals surface area contributed by atoms with E-state index in [1.54, 1.807) is 0 Å². The van der Waals surface area contributed by atoms with E-state index in [0.29, 0.717) is 4.57 Å². The van der Waals surface area contributed by atoms with Crippen LogP contribution in [0.3, 0.4) is 0 Å². The first kappa shape index (κ1) is 33.4. The summed E-state index contributed by atoms with van der Waals surface area (Å²) in [6.07, 6.45) is -5.62. The number of ether oxygens (including phenoxy) is 1. The third-order valence-electron chi connectivity index (χ3n) is 6.29. The van der Waals surface area contributed by atoms with Crippen LogP contribution in [0.15, 0.2) is 4.79 Å². The predicted octanol–water partition coefficient (Wildman–Crippen LogP) is 3.21. The number of nitrogens with zero attached hydrogens (tertiary/aromatic N) is 3. The van der Waals surface area contributed by atoms with Crippen molar-refractivity contribution in [1.29, 1.82) is 0 Å². The normalized spacial score (nSPS) is 21.5. The second kappa shape index (κ2) is 10.6. The number of nitrogens with two attached hydrogens (primary N) is 1. The topological polar surface area (TPSA) is 179 Å². The molecule has 1 aliphatic rings. The van der Waals surface area contributed by atoms with Crippen LogP contribution >= 0.6 is 11.3 Å². The first-order valence-electron chi connectivity index (χ1n) is 11.3. The molecule has 3 rings (SSSR count). The smallest absolute Gasteiger partial charge is 0.414 e. The lowest BCUT2D eigenvalue weighted by Crippen LogP contribution is -2.42. The summed E-state index contributed by atoms with van der Waals surface area (Å²) in [5, 5.41) is -0.303. The van der Waals surface area contributed by atoms with E-state index in [-0.39, 0.29) is 23.0 Å². The van der Waals surface area contributed by atoms with Crippen LogP contribution in [0.25, 0.3) is 10.3 Å². The van der Waals surface area contributed by atoms with Crippen molar-refractivity contribution in [2.75, 3.05) is 12.3 Å². The van der Waals surface area contributed by atoms with E-state index >= 15 is 0 Å². The standard InChI is InChI=1S/C18H24F6N4O9S3Si/c1-16(2,3)41(4,5)34-7-8-6-9(36-39(30,31)17(19,20)21)13(35-8)28-11-10(38-15(28)29)12(27-14(25)26-11)37-40(32,33)18(22,23)24/h8-9,13H,6-7H2,1-5H3,(H2,25,26,27)/t8-,9+,13+/m0/s1. The molecule has 0 radical (unpaired) electrons. The highest BCUT2D eigenvalue weighted by molar-refractivity contribution is 7.88. The molecule has 0 bridgehead atoms. The summed E-state index contributed by atoms with van der Waals surface area (Å²) >= 11 is 0.0385. The average molecular weight is 679 g/mol. The predicted molar refractivity (Wildman–Crippen MR) is 133 cm³/mol. The summed E-state index contributed by atoms with van der Waals surface area (Å²) in [7, 11) is -15.0. The molecule has 23 heteroatoms. The number of nitrogen functional groups attached to an aromatic ring is 1. The molecule has 41 heavy (non-hydrogen) atoms. The minimum atomic E-state index is -6.30. The third kappa shape index (κ3) is 6.80. The molecule has 2 aromatic rings. The molecule has 3 heterocycles. The minimum Gasteiger partial charge on any atom is -0.414 e. The molecule has 13 nitrogen and oxygen atoms in total. The van der Waals surface area contributed by atoms with Gasteiger partial charge in [-0.15, -0.1) is 0 Å². The van der Waals surface area contributed by atoms with Crippen molar-refractivity contribution < 1.29 is 60.7 Å². The number of hydrogen-bond donors (Lipinski definition) is 1. The lowest BCUT2D eigenvalue weighted by atomic mass is 10.2. The molecule has 0 unspecified atom stereocenters. The van der Waals surface area contributed by atoms with Gasteiger partial charge in [-0.25, -0.2) is 0 Å². The van der Waals surface area contributed by atoms with Crippen molar-refractivity contribution in [2.45, 2.75) is 74.8 Å².